The maximum Gasteiger partial charge on any atom is 0.160 e. The smallest absolute Gasteiger partial charge is 0.160 e. The van der Waals surface area contributed by atoms with Crippen molar-refractivity contribution in [3.05, 3.63) is 36.0 Å². The number of imidazole rings is 1. The van der Waals surface area contributed by atoms with Crippen LogP contribution < -0.4 is 5.32 Å². The second kappa shape index (κ2) is 5.46. The molecule has 1 aliphatic rings. The Labute approximate surface area is 112 Å². The quantitative estimate of drug-likeness (QED) is 0.862. The SMILES string of the molecule is Cc1cn(-c2ccc(CN3CCNCC3)nn2)cn1. The van der Waals surface area contributed by atoms with Crippen molar-refractivity contribution in [2.45, 2.75) is 13.5 Å². The van der Waals surface area contributed by atoms with Gasteiger partial charge in [-0.2, -0.15) is 5.10 Å². The summed E-state index contributed by atoms with van der Waals surface area (Å²) in [5.41, 5.74) is 1.99. The zero-order chi connectivity index (χ0) is 13.1. The van der Waals surface area contributed by atoms with Crippen LogP contribution in [0.2, 0.25) is 0 Å². The number of piperazine rings is 1. The van der Waals surface area contributed by atoms with E-state index in [1.807, 2.05) is 29.8 Å². The Morgan fingerprint density at radius 3 is 2.68 bits per heavy atom. The van der Waals surface area contributed by atoms with Crippen LogP contribution >= 0.6 is 0 Å². The monoisotopic (exact) mass is 258 g/mol. The molecule has 1 fully saturated rings. The maximum atomic E-state index is 4.30. The molecule has 0 aliphatic carbocycles. The van der Waals surface area contributed by atoms with Gasteiger partial charge in [-0.3, -0.25) is 9.47 Å². The van der Waals surface area contributed by atoms with Crippen LogP contribution in [-0.2, 0) is 6.54 Å². The molecule has 0 amide bonds. The second-order valence-electron chi connectivity index (χ2n) is 4.83. The van der Waals surface area contributed by atoms with Crippen LogP contribution in [0.1, 0.15) is 11.4 Å². The number of aryl methyl sites for hydroxylation is 1. The van der Waals surface area contributed by atoms with Crippen LogP contribution in [0, 0.1) is 6.92 Å². The molecule has 0 saturated carbocycles. The van der Waals surface area contributed by atoms with Gasteiger partial charge in [0.05, 0.1) is 11.4 Å². The topological polar surface area (TPSA) is 58.9 Å². The van der Waals surface area contributed by atoms with E-state index >= 15 is 0 Å². The lowest BCUT2D eigenvalue weighted by atomic mass is 10.3. The first kappa shape index (κ1) is 12.3. The molecule has 2 aromatic heterocycles. The summed E-state index contributed by atoms with van der Waals surface area (Å²) < 4.78 is 1.89. The molecule has 6 nitrogen and oxygen atoms in total. The van der Waals surface area contributed by atoms with Crippen molar-refractivity contribution in [1.29, 1.82) is 0 Å². The Morgan fingerprint density at radius 1 is 1.21 bits per heavy atom. The van der Waals surface area contributed by atoms with Crippen LogP contribution in [0.15, 0.2) is 24.7 Å². The molecule has 0 spiro atoms. The van der Waals surface area contributed by atoms with Gasteiger partial charge in [0.1, 0.15) is 6.33 Å². The largest absolute Gasteiger partial charge is 0.314 e. The molecule has 6 heteroatoms. The highest BCUT2D eigenvalue weighted by molar-refractivity contribution is 5.22. The summed E-state index contributed by atoms with van der Waals surface area (Å²) in [6.45, 7) is 7.09. The lowest BCUT2D eigenvalue weighted by molar-refractivity contribution is 0.230. The zero-order valence-corrected chi connectivity index (χ0v) is 11.1. The van der Waals surface area contributed by atoms with E-state index in [1.165, 1.54) is 0 Å². The van der Waals surface area contributed by atoms with Gasteiger partial charge in [0.15, 0.2) is 5.82 Å². The molecule has 0 atom stereocenters. The zero-order valence-electron chi connectivity index (χ0n) is 11.1. The van der Waals surface area contributed by atoms with Crippen molar-refractivity contribution >= 4 is 0 Å². The van der Waals surface area contributed by atoms with E-state index in [1.54, 1.807) is 6.33 Å². The Morgan fingerprint density at radius 2 is 2.05 bits per heavy atom. The first-order valence-electron chi connectivity index (χ1n) is 6.58. The van der Waals surface area contributed by atoms with E-state index < -0.39 is 0 Å². The Bertz CT molecular complexity index is 526. The fraction of sp³-hybridized carbons (Fsp3) is 0.462. The van der Waals surface area contributed by atoms with Crippen molar-refractivity contribution in [3.8, 4) is 5.82 Å². The molecule has 3 heterocycles. The van der Waals surface area contributed by atoms with Gasteiger partial charge in [-0.15, -0.1) is 5.10 Å². The number of aromatic nitrogens is 4. The number of hydrogen-bond acceptors (Lipinski definition) is 5. The molecular weight excluding hydrogens is 240 g/mol. The number of hydrogen-bond donors (Lipinski definition) is 1. The highest BCUT2D eigenvalue weighted by Crippen LogP contribution is 2.07. The van der Waals surface area contributed by atoms with Crippen molar-refractivity contribution in [1.82, 2.24) is 30.0 Å². The van der Waals surface area contributed by atoms with E-state index in [9.17, 15) is 0 Å². The Balaban J connectivity index is 1.68. The third-order valence-electron chi connectivity index (χ3n) is 3.28. The first-order chi connectivity index (χ1) is 9.31. The molecule has 2 aromatic rings. The average Bonchev–Trinajstić information content (AvgIpc) is 2.87. The Kier molecular flexibility index (Phi) is 3.52. The molecule has 1 aliphatic heterocycles. The van der Waals surface area contributed by atoms with Crippen molar-refractivity contribution in [2.24, 2.45) is 0 Å². The summed E-state index contributed by atoms with van der Waals surface area (Å²) in [5.74, 6) is 0.810. The molecule has 1 saturated heterocycles. The van der Waals surface area contributed by atoms with E-state index in [4.69, 9.17) is 0 Å². The first-order valence-corrected chi connectivity index (χ1v) is 6.58. The lowest BCUT2D eigenvalue weighted by Crippen LogP contribution is -2.43. The molecular formula is C13H18N6. The molecule has 3 rings (SSSR count). The summed E-state index contributed by atoms with van der Waals surface area (Å²) in [4.78, 5) is 6.58. The summed E-state index contributed by atoms with van der Waals surface area (Å²) in [6, 6.07) is 4.03. The number of nitrogens with one attached hydrogen (secondary N) is 1. The normalized spacial score (nSPS) is 16.7. The molecule has 0 bridgehead atoms. The lowest BCUT2D eigenvalue weighted by Gasteiger charge is -2.26. The summed E-state index contributed by atoms with van der Waals surface area (Å²) >= 11 is 0. The average molecular weight is 258 g/mol. The van der Waals surface area contributed by atoms with Crippen molar-refractivity contribution < 1.29 is 0 Å². The van der Waals surface area contributed by atoms with Gasteiger partial charge in [-0.1, -0.05) is 0 Å². The Hall–Kier alpha value is -1.79. The molecule has 0 unspecified atom stereocenters. The van der Waals surface area contributed by atoms with E-state index in [-0.39, 0.29) is 0 Å². The van der Waals surface area contributed by atoms with Gasteiger partial charge >= 0.3 is 0 Å². The third kappa shape index (κ3) is 2.97. The van der Waals surface area contributed by atoms with E-state index in [2.05, 4.69) is 25.4 Å². The minimum atomic E-state index is 0.810. The second-order valence-corrected chi connectivity index (χ2v) is 4.83. The summed E-state index contributed by atoms with van der Waals surface area (Å²) in [5, 5.41) is 11.9. The minimum absolute atomic E-state index is 0.810. The molecule has 0 radical (unpaired) electrons. The van der Waals surface area contributed by atoms with Gasteiger partial charge in [0.25, 0.3) is 0 Å². The molecule has 0 aromatic carbocycles. The van der Waals surface area contributed by atoms with E-state index in [0.717, 1.165) is 49.9 Å². The van der Waals surface area contributed by atoms with Gasteiger partial charge in [-0.05, 0) is 19.1 Å². The predicted molar refractivity (Wildman–Crippen MR) is 72.0 cm³/mol. The maximum absolute atomic E-state index is 4.30. The van der Waals surface area contributed by atoms with Crippen LogP contribution in [0.4, 0.5) is 0 Å². The number of rotatable bonds is 3. The fourth-order valence-electron chi connectivity index (χ4n) is 2.22. The summed E-state index contributed by atoms with van der Waals surface area (Å²) in [6.07, 6.45) is 3.70. The highest BCUT2D eigenvalue weighted by atomic mass is 15.2. The molecule has 100 valence electrons. The number of nitrogens with zero attached hydrogens (tertiary/aromatic N) is 5. The third-order valence-corrected chi connectivity index (χ3v) is 3.28. The minimum Gasteiger partial charge on any atom is -0.314 e. The molecule has 1 N–H and O–H groups in total. The van der Waals surface area contributed by atoms with Gasteiger partial charge in [0.2, 0.25) is 0 Å². The highest BCUT2D eigenvalue weighted by Gasteiger charge is 2.11. The van der Waals surface area contributed by atoms with Gasteiger partial charge < -0.3 is 5.32 Å². The standard InChI is InChI=1S/C13H18N6/c1-11-8-19(10-15-11)13-3-2-12(16-17-13)9-18-6-4-14-5-7-18/h2-3,8,10,14H,4-7,9H2,1H3. The van der Waals surface area contributed by atoms with Gasteiger partial charge in [0, 0.05) is 38.9 Å². The summed E-state index contributed by atoms with van der Waals surface area (Å²) in [7, 11) is 0. The van der Waals surface area contributed by atoms with Crippen molar-refractivity contribution in [3.63, 3.8) is 0 Å². The van der Waals surface area contributed by atoms with Crippen LogP contribution in [0.25, 0.3) is 5.82 Å². The van der Waals surface area contributed by atoms with Gasteiger partial charge in [-0.25, -0.2) is 4.98 Å². The van der Waals surface area contributed by atoms with Crippen LogP contribution in [0.5, 0.6) is 0 Å². The van der Waals surface area contributed by atoms with E-state index in [0.29, 0.717) is 0 Å². The fourth-order valence-corrected chi connectivity index (χ4v) is 2.22. The van der Waals surface area contributed by atoms with Crippen LogP contribution in [-0.4, -0.2) is 50.8 Å². The molecule has 19 heavy (non-hydrogen) atoms. The van der Waals surface area contributed by atoms with Crippen LogP contribution in [0.3, 0.4) is 0 Å². The predicted octanol–water partition coefficient (Wildman–Crippen LogP) is 0.376. The van der Waals surface area contributed by atoms with Crippen molar-refractivity contribution in [2.75, 3.05) is 26.2 Å².